The molecule has 8 nitrogen and oxygen atoms in total. The molecule has 1 amide bonds. The lowest BCUT2D eigenvalue weighted by Gasteiger charge is -2.24. The monoisotopic (exact) mass is 315 g/mol. The number of aromatic nitrogens is 4. The Morgan fingerprint density at radius 3 is 3.09 bits per heavy atom. The van der Waals surface area contributed by atoms with Crippen LogP contribution in [0.25, 0.3) is 0 Å². The van der Waals surface area contributed by atoms with Gasteiger partial charge in [-0.1, -0.05) is 11.2 Å². The van der Waals surface area contributed by atoms with E-state index < -0.39 is 0 Å². The fourth-order valence-electron chi connectivity index (χ4n) is 2.70. The number of carbonyl (C=O) groups is 1. The van der Waals surface area contributed by atoms with E-state index in [1.807, 2.05) is 18.2 Å². The second-order valence-corrected chi connectivity index (χ2v) is 5.85. The molecule has 1 aliphatic carbocycles. The lowest BCUT2D eigenvalue weighted by molar-refractivity contribution is -0.121. The zero-order chi connectivity index (χ0) is 15.8. The Labute approximate surface area is 132 Å². The van der Waals surface area contributed by atoms with E-state index in [-0.39, 0.29) is 11.8 Å². The van der Waals surface area contributed by atoms with Crippen molar-refractivity contribution >= 4 is 11.9 Å². The van der Waals surface area contributed by atoms with Crippen LogP contribution in [0.4, 0.5) is 5.95 Å². The van der Waals surface area contributed by atoms with E-state index in [2.05, 4.69) is 20.8 Å². The van der Waals surface area contributed by atoms with Crippen LogP contribution in [-0.4, -0.2) is 39.8 Å². The minimum absolute atomic E-state index is 0.122. The fraction of sp³-hybridized carbons (Fsp3) is 0.467. The minimum atomic E-state index is -0.264. The maximum absolute atomic E-state index is 12.5. The second-order valence-electron chi connectivity index (χ2n) is 5.85. The van der Waals surface area contributed by atoms with Gasteiger partial charge < -0.3 is 9.47 Å². The third-order valence-electron chi connectivity index (χ3n) is 4.17. The molecule has 1 unspecified atom stereocenters. The van der Waals surface area contributed by atoms with Gasteiger partial charge in [0.15, 0.2) is 0 Å². The van der Waals surface area contributed by atoms with Crippen LogP contribution in [0.2, 0.25) is 0 Å². The Morgan fingerprint density at radius 2 is 2.30 bits per heavy atom. The van der Waals surface area contributed by atoms with Gasteiger partial charge in [0, 0.05) is 6.07 Å². The summed E-state index contributed by atoms with van der Waals surface area (Å²) in [4.78, 5) is 12.5. The van der Waals surface area contributed by atoms with Gasteiger partial charge in [0.25, 0.3) is 0 Å². The molecule has 1 atom stereocenters. The van der Waals surface area contributed by atoms with E-state index in [4.69, 9.17) is 9.47 Å². The average molecular weight is 315 g/mol. The van der Waals surface area contributed by atoms with Crippen molar-refractivity contribution in [1.29, 1.82) is 0 Å². The predicted molar refractivity (Wildman–Crippen MR) is 80.4 cm³/mol. The van der Waals surface area contributed by atoms with Gasteiger partial charge in [0.1, 0.15) is 18.1 Å². The largest absolute Gasteiger partial charge is 0.497 e. The van der Waals surface area contributed by atoms with Crippen molar-refractivity contribution in [2.75, 3.05) is 19.0 Å². The van der Waals surface area contributed by atoms with Gasteiger partial charge in [-0.05, 0) is 41.3 Å². The first-order valence-corrected chi connectivity index (χ1v) is 7.63. The lowest BCUT2D eigenvalue weighted by Crippen LogP contribution is -2.33. The molecule has 1 saturated carbocycles. The van der Waals surface area contributed by atoms with Gasteiger partial charge in [-0.25, -0.2) is 4.68 Å². The summed E-state index contributed by atoms with van der Waals surface area (Å²) < 4.78 is 12.6. The SMILES string of the molecule is COc1ccc2c(c1)OCC(C(=O)Nc1nnnn1C1CC1)C2. The molecule has 4 rings (SSSR count). The molecule has 23 heavy (non-hydrogen) atoms. The summed E-state index contributed by atoms with van der Waals surface area (Å²) in [5.41, 5.74) is 0.999. The van der Waals surface area contributed by atoms with Crippen molar-refractivity contribution in [1.82, 2.24) is 20.2 Å². The molecule has 0 bridgehead atoms. The molecular formula is C15H17N5O3. The van der Waals surface area contributed by atoms with Gasteiger partial charge in [-0.15, -0.1) is 0 Å². The maximum atomic E-state index is 12.5. The summed E-state index contributed by atoms with van der Waals surface area (Å²) in [6.07, 6.45) is 2.72. The van der Waals surface area contributed by atoms with Crippen LogP contribution in [0.3, 0.4) is 0 Å². The van der Waals surface area contributed by atoms with Crippen LogP contribution in [0.5, 0.6) is 11.5 Å². The van der Waals surface area contributed by atoms with Crippen molar-refractivity contribution in [3.05, 3.63) is 23.8 Å². The van der Waals surface area contributed by atoms with E-state index in [1.165, 1.54) is 0 Å². The van der Waals surface area contributed by atoms with Gasteiger partial charge in [-0.3, -0.25) is 10.1 Å². The highest BCUT2D eigenvalue weighted by atomic mass is 16.5. The number of amides is 1. The first-order chi connectivity index (χ1) is 11.2. The summed E-state index contributed by atoms with van der Waals surface area (Å²) in [5, 5.41) is 14.3. The smallest absolute Gasteiger partial charge is 0.249 e. The van der Waals surface area contributed by atoms with Gasteiger partial charge in [0.2, 0.25) is 11.9 Å². The number of nitrogens with one attached hydrogen (secondary N) is 1. The zero-order valence-electron chi connectivity index (χ0n) is 12.7. The molecule has 1 fully saturated rings. The molecule has 120 valence electrons. The third kappa shape index (κ3) is 2.71. The standard InChI is InChI=1S/C15H17N5O3/c1-22-12-5-2-9-6-10(8-23-13(9)7-12)14(21)16-15-17-18-19-20(15)11-3-4-11/h2,5,7,10-11H,3-4,6,8H2,1H3,(H,16,17,19,21). The van der Waals surface area contributed by atoms with Gasteiger partial charge >= 0.3 is 0 Å². The number of anilines is 1. The predicted octanol–water partition coefficient (Wildman–Crippen LogP) is 1.21. The van der Waals surface area contributed by atoms with E-state index in [1.54, 1.807) is 11.8 Å². The Bertz CT molecular complexity index is 740. The summed E-state index contributed by atoms with van der Waals surface area (Å²) in [6.45, 7) is 0.330. The van der Waals surface area contributed by atoms with E-state index >= 15 is 0 Å². The van der Waals surface area contributed by atoms with E-state index in [0.29, 0.717) is 25.0 Å². The second kappa shape index (κ2) is 5.53. The number of fused-ring (bicyclic) bond motifs is 1. The van der Waals surface area contributed by atoms with Crippen LogP contribution in [0.1, 0.15) is 24.4 Å². The Balaban J connectivity index is 1.46. The molecular weight excluding hydrogens is 298 g/mol. The molecule has 1 aromatic heterocycles. The Hall–Kier alpha value is -2.64. The number of hydrogen-bond acceptors (Lipinski definition) is 6. The first-order valence-electron chi connectivity index (χ1n) is 7.63. The number of nitrogens with zero attached hydrogens (tertiary/aromatic N) is 4. The fourth-order valence-corrected chi connectivity index (χ4v) is 2.70. The number of ether oxygens (including phenoxy) is 2. The van der Waals surface area contributed by atoms with Crippen molar-refractivity contribution in [3.8, 4) is 11.5 Å². The highest BCUT2D eigenvalue weighted by Crippen LogP contribution is 2.36. The number of hydrogen-bond donors (Lipinski definition) is 1. The van der Waals surface area contributed by atoms with Crippen molar-refractivity contribution < 1.29 is 14.3 Å². The van der Waals surface area contributed by atoms with Crippen LogP contribution in [0, 0.1) is 5.92 Å². The molecule has 1 aliphatic heterocycles. The van der Waals surface area contributed by atoms with Crippen LogP contribution >= 0.6 is 0 Å². The minimum Gasteiger partial charge on any atom is -0.497 e. The molecule has 2 heterocycles. The number of rotatable bonds is 4. The molecule has 2 aromatic rings. The van der Waals surface area contributed by atoms with E-state index in [0.717, 1.165) is 29.9 Å². The Morgan fingerprint density at radius 1 is 1.43 bits per heavy atom. The van der Waals surface area contributed by atoms with Gasteiger partial charge in [-0.2, -0.15) is 0 Å². The number of methoxy groups -OCH3 is 1. The van der Waals surface area contributed by atoms with Crippen molar-refractivity contribution in [2.24, 2.45) is 5.92 Å². The summed E-state index contributed by atoms with van der Waals surface area (Å²) >= 11 is 0. The van der Waals surface area contributed by atoms with Gasteiger partial charge in [0.05, 0.1) is 19.1 Å². The molecule has 8 heteroatoms. The van der Waals surface area contributed by atoms with Crippen LogP contribution in [0.15, 0.2) is 18.2 Å². The van der Waals surface area contributed by atoms with Crippen molar-refractivity contribution in [3.63, 3.8) is 0 Å². The first kappa shape index (κ1) is 14.0. The highest BCUT2D eigenvalue weighted by Gasteiger charge is 2.31. The quantitative estimate of drug-likeness (QED) is 0.912. The topological polar surface area (TPSA) is 91.2 Å². The Kier molecular flexibility index (Phi) is 3.36. The molecule has 1 N–H and O–H groups in total. The molecule has 0 spiro atoms. The summed E-state index contributed by atoms with van der Waals surface area (Å²) in [7, 11) is 1.62. The normalized spacial score (nSPS) is 19.6. The molecule has 1 aromatic carbocycles. The average Bonchev–Trinajstić information content (AvgIpc) is 3.33. The van der Waals surface area contributed by atoms with E-state index in [9.17, 15) is 4.79 Å². The number of carbonyl (C=O) groups excluding carboxylic acids is 1. The lowest BCUT2D eigenvalue weighted by atomic mass is 9.96. The van der Waals surface area contributed by atoms with Crippen molar-refractivity contribution in [2.45, 2.75) is 25.3 Å². The molecule has 0 radical (unpaired) electrons. The highest BCUT2D eigenvalue weighted by molar-refractivity contribution is 5.91. The molecule has 2 aliphatic rings. The number of benzene rings is 1. The summed E-state index contributed by atoms with van der Waals surface area (Å²) in [5.74, 6) is 1.55. The zero-order valence-corrected chi connectivity index (χ0v) is 12.7. The summed E-state index contributed by atoms with van der Waals surface area (Å²) in [6, 6.07) is 5.96. The number of tetrazole rings is 1. The third-order valence-corrected chi connectivity index (χ3v) is 4.17. The molecule has 0 saturated heterocycles. The maximum Gasteiger partial charge on any atom is 0.249 e. The van der Waals surface area contributed by atoms with Crippen LogP contribution in [-0.2, 0) is 11.2 Å². The van der Waals surface area contributed by atoms with Crippen LogP contribution < -0.4 is 14.8 Å².